The number of amides is 1. The van der Waals surface area contributed by atoms with Crippen LogP contribution in [-0.2, 0) is 11.3 Å². The molecule has 0 aliphatic rings. The van der Waals surface area contributed by atoms with Gasteiger partial charge in [0.1, 0.15) is 5.82 Å². The van der Waals surface area contributed by atoms with E-state index in [1.807, 2.05) is 0 Å². The van der Waals surface area contributed by atoms with Crippen LogP contribution in [0.25, 0.3) is 0 Å². The molecular formula is C12H16ClFN2O. The molecule has 0 aliphatic heterocycles. The maximum absolute atomic E-state index is 13.4. The van der Waals surface area contributed by atoms with Crippen LogP contribution in [0.3, 0.4) is 0 Å². The SMILES string of the molecule is CC(C)(CN)C(=O)NCc1cc(Cl)ccc1F. The molecule has 17 heavy (non-hydrogen) atoms. The summed E-state index contributed by atoms with van der Waals surface area (Å²) in [6, 6.07) is 4.23. The molecule has 0 radical (unpaired) electrons. The molecule has 0 unspecified atom stereocenters. The number of halogens is 2. The van der Waals surface area contributed by atoms with Gasteiger partial charge in [-0.2, -0.15) is 0 Å². The molecule has 3 N–H and O–H groups in total. The lowest BCUT2D eigenvalue weighted by Gasteiger charge is -2.21. The summed E-state index contributed by atoms with van der Waals surface area (Å²) in [6.45, 7) is 3.80. The molecule has 0 saturated carbocycles. The van der Waals surface area contributed by atoms with E-state index in [0.717, 1.165) is 0 Å². The van der Waals surface area contributed by atoms with Gasteiger partial charge in [0.2, 0.25) is 5.91 Å². The van der Waals surface area contributed by atoms with Crippen molar-refractivity contribution >= 4 is 17.5 Å². The molecule has 3 nitrogen and oxygen atoms in total. The number of carbonyl (C=O) groups is 1. The maximum atomic E-state index is 13.4. The van der Waals surface area contributed by atoms with Crippen molar-refractivity contribution in [2.24, 2.45) is 11.1 Å². The molecule has 0 aliphatic carbocycles. The van der Waals surface area contributed by atoms with E-state index in [9.17, 15) is 9.18 Å². The zero-order chi connectivity index (χ0) is 13.1. The minimum absolute atomic E-state index is 0.106. The molecule has 1 rings (SSSR count). The van der Waals surface area contributed by atoms with Crippen molar-refractivity contribution in [3.63, 3.8) is 0 Å². The number of carbonyl (C=O) groups excluding carboxylic acids is 1. The van der Waals surface area contributed by atoms with Gasteiger partial charge in [0.05, 0.1) is 5.41 Å². The van der Waals surface area contributed by atoms with E-state index in [-0.39, 0.29) is 24.8 Å². The molecule has 1 aromatic carbocycles. The second-order valence-electron chi connectivity index (χ2n) is 4.51. The average Bonchev–Trinajstić information content (AvgIpc) is 2.29. The fourth-order valence-corrected chi connectivity index (χ4v) is 1.38. The highest BCUT2D eigenvalue weighted by atomic mass is 35.5. The predicted octanol–water partition coefficient (Wildman–Crippen LogP) is 2.08. The van der Waals surface area contributed by atoms with Gasteiger partial charge < -0.3 is 11.1 Å². The van der Waals surface area contributed by atoms with E-state index in [4.69, 9.17) is 17.3 Å². The normalized spacial score (nSPS) is 11.4. The Balaban J connectivity index is 2.68. The van der Waals surface area contributed by atoms with Gasteiger partial charge in [-0.3, -0.25) is 4.79 Å². The lowest BCUT2D eigenvalue weighted by atomic mass is 9.92. The Morgan fingerprint density at radius 3 is 2.76 bits per heavy atom. The highest BCUT2D eigenvalue weighted by Gasteiger charge is 2.25. The van der Waals surface area contributed by atoms with Crippen molar-refractivity contribution in [2.75, 3.05) is 6.54 Å². The van der Waals surface area contributed by atoms with Crippen molar-refractivity contribution in [3.8, 4) is 0 Å². The van der Waals surface area contributed by atoms with E-state index in [0.29, 0.717) is 10.6 Å². The van der Waals surface area contributed by atoms with Crippen LogP contribution in [0, 0.1) is 11.2 Å². The van der Waals surface area contributed by atoms with E-state index < -0.39 is 5.41 Å². The first kappa shape index (κ1) is 13.9. The fourth-order valence-electron chi connectivity index (χ4n) is 1.19. The lowest BCUT2D eigenvalue weighted by molar-refractivity contribution is -0.129. The molecule has 0 heterocycles. The predicted molar refractivity (Wildman–Crippen MR) is 66.1 cm³/mol. The Morgan fingerprint density at radius 1 is 1.53 bits per heavy atom. The molecular weight excluding hydrogens is 243 g/mol. The average molecular weight is 259 g/mol. The number of nitrogens with two attached hydrogens (primary N) is 1. The van der Waals surface area contributed by atoms with E-state index in [1.54, 1.807) is 13.8 Å². The summed E-state index contributed by atoms with van der Waals surface area (Å²) in [6.07, 6.45) is 0. The van der Waals surface area contributed by atoms with E-state index in [1.165, 1.54) is 18.2 Å². The van der Waals surface area contributed by atoms with Crippen LogP contribution in [0.1, 0.15) is 19.4 Å². The zero-order valence-corrected chi connectivity index (χ0v) is 10.6. The fraction of sp³-hybridized carbons (Fsp3) is 0.417. The van der Waals surface area contributed by atoms with Gasteiger partial charge in [0, 0.05) is 23.7 Å². The highest BCUT2D eigenvalue weighted by Crippen LogP contribution is 2.16. The molecule has 0 fully saturated rings. The van der Waals surface area contributed by atoms with Crippen LogP contribution >= 0.6 is 11.6 Å². The van der Waals surface area contributed by atoms with Gasteiger partial charge in [-0.1, -0.05) is 11.6 Å². The molecule has 0 aromatic heterocycles. The Morgan fingerprint density at radius 2 is 2.18 bits per heavy atom. The summed E-state index contributed by atoms with van der Waals surface area (Å²) in [7, 11) is 0. The topological polar surface area (TPSA) is 55.1 Å². The van der Waals surface area contributed by atoms with Crippen LogP contribution in [0.2, 0.25) is 5.02 Å². The quantitative estimate of drug-likeness (QED) is 0.869. The van der Waals surface area contributed by atoms with Crippen molar-refractivity contribution in [1.82, 2.24) is 5.32 Å². The van der Waals surface area contributed by atoms with Crippen molar-refractivity contribution < 1.29 is 9.18 Å². The summed E-state index contributed by atoms with van der Waals surface area (Å²) in [5, 5.41) is 3.08. The first-order valence-corrected chi connectivity index (χ1v) is 5.67. The van der Waals surface area contributed by atoms with Crippen LogP contribution in [0.4, 0.5) is 4.39 Å². The Bertz CT molecular complexity index is 421. The van der Waals surface area contributed by atoms with Gasteiger partial charge in [-0.15, -0.1) is 0 Å². The van der Waals surface area contributed by atoms with Crippen molar-refractivity contribution in [1.29, 1.82) is 0 Å². The van der Waals surface area contributed by atoms with Crippen molar-refractivity contribution in [2.45, 2.75) is 20.4 Å². The highest BCUT2D eigenvalue weighted by molar-refractivity contribution is 6.30. The minimum atomic E-state index is -0.658. The number of hydrogen-bond acceptors (Lipinski definition) is 2. The van der Waals surface area contributed by atoms with Crippen molar-refractivity contribution in [3.05, 3.63) is 34.6 Å². The third-order valence-electron chi connectivity index (χ3n) is 2.57. The molecule has 94 valence electrons. The third kappa shape index (κ3) is 3.68. The molecule has 0 bridgehead atoms. The zero-order valence-electron chi connectivity index (χ0n) is 9.89. The summed E-state index contributed by atoms with van der Waals surface area (Å²) in [5.41, 5.74) is 5.18. The molecule has 1 amide bonds. The van der Waals surface area contributed by atoms with Gasteiger partial charge >= 0.3 is 0 Å². The number of hydrogen-bond donors (Lipinski definition) is 2. The number of rotatable bonds is 4. The monoisotopic (exact) mass is 258 g/mol. The van der Waals surface area contributed by atoms with Crippen LogP contribution < -0.4 is 11.1 Å². The first-order chi connectivity index (χ1) is 7.86. The van der Waals surface area contributed by atoms with E-state index in [2.05, 4.69) is 5.32 Å². The van der Waals surface area contributed by atoms with Crippen LogP contribution in [0.15, 0.2) is 18.2 Å². The Kier molecular flexibility index (Phi) is 4.48. The smallest absolute Gasteiger partial charge is 0.227 e. The summed E-state index contributed by atoms with van der Waals surface area (Å²) in [5.74, 6) is -0.598. The maximum Gasteiger partial charge on any atom is 0.227 e. The first-order valence-electron chi connectivity index (χ1n) is 5.29. The number of benzene rings is 1. The summed E-state index contributed by atoms with van der Waals surface area (Å²) >= 11 is 5.75. The lowest BCUT2D eigenvalue weighted by Crippen LogP contribution is -2.41. The minimum Gasteiger partial charge on any atom is -0.351 e. The van der Waals surface area contributed by atoms with Crippen LogP contribution in [0.5, 0.6) is 0 Å². The van der Waals surface area contributed by atoms with Gasteiger partial charge in [-0.05, 0) is 32.0 Å². The molecule has 0 saturated heterocycles. The Labute approximate surface area is 105 Å². The summed E-state index contributed by atoms with van der Waals surface area (Å²) < 4.78 is 13.4. The molecule has 0 spiro atoms. The third-order valence-corrected chi connectivity index (χ3v) is 2.81. The van der Waals surface area contributed by atoms with Gasteiger partial charge in [0.25, 0.3) is 0 Å². The molecule has 5 heteroatoms. The van der Waals surface area contributed by atoms with Gasteiger partial charge in [0.15, 0.2) is 0 Å². The second-order valence-corrected chi connectivity index (χ2v) is 4.94. The second kappa shape index (κ2) is 5.47. The summed E-state index contributed by atoms with van der Waals surface area (Å²) in [4.78, 5) is 11.7. The number of nitrogens with one attached hydrogen (secondary N) is 1. The molecule has 1 aromatic rings. The standard InChI is InChI=1S/C12H16ClFN2O/c1-12(2,7-15)11(17)16-6-8-5-9(13)3-4-10(8)14/h3-5H,6-7,15H2,1-2H3,(H,16,17). The van der Waals surface area contributed by atoms with E-state index >= 15 is 0 Å². The molecule has 0 atom stereocenters. The van der Waals surface area contributed by atoms with Gasteiger partial charge in [-0.25, -0.2) is 4.39 Å². The Hall–Kier alpha value is -1.13. The largest absolute Gasteiger partial charge is 0.351 e. The van der Waals surface area contributed by atoms with Crippen LogP contribution in [-0.4, -0.2) is 12.5 Å².